The Balaban J connectivity index is 1.85. The van der Waals surface area contributed by atoms with Crippen LogP contribution in [0.2, 0.25) is 0 Å². The smallest absolute Gasteiger partial charge is 0.0386 e. The molecule has 1 nitrogen and oxygen atoms in total. The zero-order valence-corrected chi connectivity index (χ0v) is 14.0. The summed E-state index contributed by atoms with van der Waals surface area (Å²) in [4.78, 5) is 0. The lowest BCUT2D eigenvalue weighted by molar-refractivity contribution is 0.822. The van der Waals surface area contributed by atoms with Crippen LogP contribution in [0.1, 0.15) is 48.1 Å². The van der Waals surface area contributed by atoms with Crippen LogP contribution in [0.4, 0.5) is 0 Å². The van der Waals surface area contributed by atoms with Crippen LogP contribution in [0.5, 0.6) is 0 Å². The van der Waals surface area contributed by atoms with Crippen molar-refractivity contribution in [1.29, 1.82) is 0 Å². The van der Waals surface area contributed by atoms with Crippen molar-refractivity contribution >= 4 is 11.8 Å². The van der Waals surface area contributed by atoms with Crippen LogP contribution in [0, 0.1) is 6.92 Å². The number of aryl methyl sites for hydroxylation is 1. The fourth-order valence-electron chi connectivity index (χ4n) is 2.33. The van der Waals surface area contributed by atoms with E-state index in [2.05, 4.69) is 69.3 Å². The third-order valence-corrected chi connectivity index (χ3v) is 4.81. The molecule has 1 atom stereocenters. The number of nitrogens with two attached hydrogens (primary N) is 1. The van der Waals surface area contributed by atoms with E-state index in [0.717, 1.165) is 11.5 Å². The largest absolute Gasteiger partial charge is 0.323 e. The van der Waals surface area contributed by atoms with Crippen molar-refractivity contribution in [3.05, 3.63) is 70.8 Å². The lowest BCUT2D eigenvalue weighted by atomic mass is 10.00. The first-order valence-electron chi connectivity index (χ1n) is 7.55. The highest BCUT2D eigenvalue weighted by atomic mass is 32.2. The summed E-state index contributed by atoms with van der Waals surface area (Å²) in [6, 6.07) is 17.5. The fraction of sp³-hybridized carbons (Fsp3) is 0.368. The van der Waals surface area contributed by atoms with Gasteiger partial charge in [0.2, 0.25) is 0 Å². The molecular formula is C19H25NS. The van der Waals surface area contributed by atoms with E-state index in [-0.39, 0.29) is 6.04 Å². The van der Waals surface area contributed by atoms with Crippen LogP contribution in [0.25, 0.3) is 0 Å². The van der Waals surface area contributed by atoms with Crippen LogP contribution >= 0.6 is 11.8 Å². The summed E-state index contributed by atoms with van der Waals surface area (Å²) in [5.41, 5.74) is 11.6. The van der Waals surface area contributed by atoms with Crippen LogP contribution in [0.15, 0.2) is 48.5 Å². The van der Waals surface area contributed by atoms with Crippen LogP contribution in [-0.4, -0.2) is 5.75 Å². The van der Waals surface area contributed by atoms with Crippen molar-refractivity contribution in [2.75, 3.05) is 5.75 Å². The van der Waals surface area contributed by atoms with Gasteiger partial charge < -0.3 is 5.73 Å². The van der Waals surface area contributed by atoms with E-state index in [1.807, 2.05) is 11.8 Å². The third kappa shape index (κ3) is 4.90. The highest BCUT2D eigenvalue weighted by Crippen LogP contribution is 2.22. The second-order valence-corrected chi connectivity index (χ2v) is 6.96. The van der Waals surface area contributed by atoms with Gasteiger partial charge in [0, 0.05) is 17.5 Å². The highest BCUT2D eigenvalue weighted by molar-refractivity contribution is 7.98. The summed E-state index contributed by atoms with van der Waals surface area (Å²) in [6.45, 7) is 6.56. The van der Waals surface area contributed by atoms with Crippen molar-refractivity contribution in [1.82, 2.24) is 0 Å². The molecule has 2 aromatic carbocycles. The van der Waals surface area contributed by atoms with Gasteiger partial charge in [0.15, 0.2) is 0 Å². The molecule has 2 heteroatoms. The summed E-state index contributed by atoms with van der Waals surface area (Å²) in [5.74, 6) is 2.56. The van der Waals surface area contributed by atoms with Crippen molar-refractivity contribution in [3.8, 4) is 0 Å². The Morgan fingerprint density at radius 1 is 1.00 bits per heavy atom. The van der Waals surface area contributed by atoms with Gasteiger partial charge in [-0.25, -0.2) is 0 Å². The predicted octanol–water partition coefficient (Wildman–Crippen LogP) is 5.05. The van der Waals surface area contributed by atoms with E-state index >= 15 is 0 Å². The predicted molar refractivity (Wildman–Crippen MR) is 94.8 cm³/mol. The molecule has 0 heterocycles. The number of hydrogen-bond acceptors (Lipinski definition) is 2. The molecular weight excluding hydrogens is 274 g/mol. The monoisotopic (exact) mass is 299 g/mol. The maximum absolute atomic E-state index is 6.29. The van der Waals surface area contributed by atoms with E-state index in [0.29, 0.717) is 5.92 Å². The third-order valence-electron chi connectivity index (χ3n) is 3.68. The van der Waals surface area contributed by atoms with Gasteiger partial charge in [-0.05, 0) is 29.5 Å². The van der Waals surface area contributed by atoms with Gasteiger partial charge in [0.05, 0.1) is 0 Å². The quantitative estimate of drug-likeness (QED) is 0.807. The normalized spacial score (nSPS) is 12.6. The summed E-state index contributed by atoms with van der Waals surface area (Å²) in [7, 11) is 0. The fourth-order valence-corrected chi connectivity index (χ4v) is 3.31. The molecule has 0 saturated heterocycles. The average molecular weight is 299 g/mol. The van der Waals surface area contributed by atoms with E-state index in [4.69, 9.17) is 5.73 Å². The maximum atomic E-state index is 6.29. The topological polar surface area (TPSA) is 26.0 Å². The van der Waals surface area contributed by atoms with Crippen molar-refractivity contribution < 1.29 is 0 Å². The van der Waals surface area contributed by atoms with Gasteiger partial charge in [0.1, 0.15) is 0 Å². The molecule has 2 aromatic rings. The molecule has 0 aliphatic heterocycles. The first-order valence-corrected chi connectivity index (χ1v) is 8.70. The minimum Gasteiger partial charge on any atom is -0.323 e. The Kier molecular flexibility index (Phi) is 5.89. The van der Waals surface area contributed by atoms with E-state index in [1.165, 1.54) is 22.3 Å². The first-order chi connectivity index (χ1) is 10.1. The van der Waals surface area contributed by atoms with E-state index in [1.54, 1.807) is 0 Å². The van der Waals surface area contributed by atoms with Crippen LogP contribution in [0.3, 0.4) is 0 Å². The molecule has 0 aliphatic carbocycles. The van der Waals surface area contributed by atoms with Crippen molar-refractivity contribution in [2.24, 2.45) is 5.73 Å². The summed E-state index contributed by atoms with van der Waals surface area (Å²) in [6.07, 6.45) is 0. The molecule has 0 aromatic heterocycles. The Morgan fingerprint density at radius 3 is 2.29 bits per heavy atom. The minimum absolute atomic E-state index is 0.112. The van der Waals surface area contributed by atoms with Gasteiger partial charge in [-0.3, -0.25) is 0 Å². The number of hydrogen-bond donors (Lipinski definition) is 1. The molecule has 2 N–H and O–H groups in total. The van der Waals surface area contributed by atoms with Gasteiger partial charge in [-0.2, -0.15) is 11.8 Å². The summed E-state index contributed by atoms with van der Waals surface area (Å²) in [5, 5.41) is 0. The minimum atomic E-state index is 0.112. The number of benzene rings is 2. The Morgan fingerprint density at radius 2 is 1.67 bits per heavy atom. The zero-order chi connectivity index (χ0) is 15.2. The van der Waals surface area contributed by atoms with E-state index < -0.39 is 0 Å². The highest BCUT2D eigenvalue weighted by Gasteiger charge is 2.07. The molecule has 0 amide bonds. The molecule has 0 radical (unpaired) electrons. The van der Waals surface area contributed by atoms with Gasteiger partial charge in [0.25, 0.3) is 0 Å². The molecule has 1 unspecified atom stereocenters. The Labute approximate surface area is 133 Å². The zero-order valence-electron chi connectivity index (χ0n) is 13.2. The first kappa shape index (κ1) is 16.1. The molecule has 2 rings (SSSR count). The summed E-state index contributed by atoms with van der Waals surface area (Å²) >= 11 is 1.90. The van der Waals surface area contributed by atoms with Crippen LogP contribution < -0.4 is 5.73 Å². The molecule has 0 aliphatic rings. The standard InChI is InChI=1S/C19H25NS/c1-14(2)17-7-9-18(10-8-17)19(20)13-21-12-16-6-4-5-15(3)11-16/h4-11,14,19H,12-13,20H2,1-3H3. The molecule has 112 valence electrons. The van der Waals surface area contributed by atoms with Crippen molar-refractivity contribution in [2.45, 2.75) is 38.5 Å². The van der Waals surface area contributed by atoms with Gasteiger partial charge in [-0.1, -0.05) is 67.9 Å². The van der Waals surface area contributed by atoms with Gasteiger partial charge >= 0.3 is 0 Å². The maximum Gasteiger partial charge on any atom is 0.0386 e. The summed E-state index contributed by atoms with van der Waals surface area (Å²) < 4.78 is 0. The number of rotatable bonds is 6. The lowest BCUT2D eigenvalue weighted by Gasteiger charge is -2.13. The SMILES string of the molecule is Cc1cccc(CSCC(N)c2ccc(C(C)C)cc2)c1. The van der Waals surface area contributed by atoms with Crippen molar-refractivity contribution in [3.63, 3.8) is 0 Å². The Bertz CT molecular complexity index is 560. The van der Waals surface area contributed by atoms with E-state index in [9.17, 15) is 0 Å². The lowest BCUT2D eigenvalue weighted by Crippen LogP contribution is -2.13. The second kappa shape index (κ2) is 7.67. The molecule has 0 saturated carbocycles. The molecule has 0 spiro atoms. The molecule has 0 bridgehead atoms. The molecule has 0 fully saturated rings. The second-order valence-electron chi connectivity index (χ2n) is 5.93. The average Bonchev–Trinajstić information content (AvgIpc) is 2.47. The Hall–Kier alpha value is -1.25. The van der Waals surface area contributed by atoms with Gasteiger partial charge in [-0.15, -0.1) is 0 Å². The number of thioether (sulfide) groups is 1. The molecule has 21 heavy (non-hydrogen) atoms. The van der Waals surface area contributed by atoms with Crippen LogP contribution in [-0.2, 0) is 5.75 Å².